The van der Waals surface area contributed by atoms with Crippen LogP contribution in [-0.2, 0) is 12.8 Å². The Kier molecular flexibility index (Phi) is 4.73. The Labute approximate surface area is 122 Å². The normalized spacial score (nSPS) is 12.4. The van der Waals surface area contributed by atoms with E-state index in [0.717, 1.165) is 17.2 Å². The molecule has 2 N–H and O–H groups in total. The van der Waals surface area contributed by atoms with Crippen LogP contribution in [0.5, 0.6) is 0 Å². The molecule has 0 fully saturated rings. The maximum Gasteiger partial charge on any atom is 0.162 e. The molecule has 0 aliphatic rings. The van der Waals surface area contributed by atoms with Crippen molar-refractivity contribution >= 4 is 11.6 Å². The van der Waals surface area contributed by atoms with Crippen molar-refractivity contribution in [2.75, 3.05) is 0 Å². The molecule has 0 heterocycles. The molecular weight excluding hydrogens is 280 g/mol. The molecule has 0 saturated carbocycles. The fraction of sp³-hybridized carbons (Fsp3) is 0.250. The molecular formula is C16H16ClF2N. The third-order valence-electron chi connectivity index (χ3n) is 3.20. The van der Waals surface area contributed by atoms with E-state index < -0.39 is 11.6 Å². The van der Waals surface area contributed by atoms with Crippen molar-refractivity contribution in [3.8, 4) is 0 Å². The highest BCUT2D eigenvalue weighted by Gasteiger charge is 2.13. The molecule has 1 atom stereocenters. The third-order valence-corrected chi connectivity index (χ3v) is 3.56. The van der Waals surface area contributed by atoms with Crippen LogP contribution in [0.4, 0.5) is 8.78 Å². The largest absolute Gasteiger partial charge is 0.327 e. The zero-order chi connectivity index (χ0) is 14.7. The van der Waals surface area contributed by atoms with Crippen molar-refractivity contribution in [3.05, 3.63) is 69.7 Å². The number of rotatable bonds is 4. The Bertz CT molecular complexity index is 613. The molecule has 0 aliphatic carbocycles. The van der Waals surface area contributed by atoms with Crippen molar-refractivity contribution < 1.29 is 8.78 Å². The summed E-state index contributed by atoms with van der Waals surface area (Å²) in [6, 6.07) is 9.56. The predicted octanol–water partition coefficient (Wildman–Crippen LogP) is 4.04. The van der Waals surface area contributed by atoms with Gasteiger partial charge in [0.1, 0.15) is 0 Å². The second-order valence-corrected chi connectivity index (χ2v) is 5.38. The summed E-state index contributed by atoms with van der Waals surface area (Å²) in [6.45, 7) is 1.96. The SMILES string of the molecule is Cc1ccc(CC(N)Cc2cccc(F)c2F)c(Cl)c1. The Morgan fingerprint density at radius 2 is 1.80 bits per heavy atom. The van der Waals surface area contributed by atoms with Crippen molar-refractivity contribution in [1.29, 1.82) is 0 Å². The van der Waals surface area contributed by atoms with Gasteiger partial charge in [0, 0.05) is 11.1 Å². The van der Waals surface area contributed by atoms with Gasteiger partial charge in [-0.15, -0.1) is 0 Å². The van der Waals surface area contributed by atoms with E-state index in [2.05, 4.69) is 0 Å². The summed E-state index contributed by atoms with van der Waals surface area (Å²) in [5, 5.41) is 0.653. The summed E-state index contributed by atoms with van der Waals surface area (Å²) in [6.07, 6.45) is 0.795. The number of aryl methyl sites for hydroxylation is 1. The molecule has 0 amide bonds. The molecule has 2 aromatic rings. The van der Waals surface area contributed by atoms with Crippen LogP contribution in [0.2, 0.25) is 5.02 Å². The highest BCUT2D eigenvalue weighted by molar-refractivity contribution is 6.31. The lowest BCUT2D eigenvalue weighted by atomic mass is 9.98. The summed E-state index contributed by atoms with van der Waals surface area (Å²) in [7, 11) is 0. The lowest BCUT2D eigenvalue weighted by Crippen LogP contribution is -2.26. The summed E-state index contributed by atoms with van der Waals surface area (Å²) in [5.41, 5.74) is 8.30. The van der Waals surface area contributed by atoms with Gasteiger partial charge in [0.15, 0.2) is 11.6 Å². The minimum absolute atomic E-state index is 0.272. The lowest BCUT2D eigenvalue weighted by Gasteiger charge is -2.14. The van der Waals surface area contributed by atoms with Crippen LogP contribution in [0.3, 0.4) is 0 Å². The van der Waals surface area contributed by atoms with Crippen LogP contribution in [0, 0.1) is 18.6 Å². The topological polar surface area (TPSA) is 26.0 Å². The number of halogens is 3. The smallest absolute Gasteiger partial charge is 0.162 e. The van der Waals surface area contributed by atoms with Crippen LogP contribution >= 0.6 is 11.6 Å². The summed E-state index contributed by atoms with van der Waals surface area (Å²) in [4.78, 5) is 0. The average Bonchev–Trinajstić information content (AvgIpc) is 2.38. The Hall–Kier alpha value is -1.45. The van der Waals surface area contributed by atoms with E-state index in [1.807, 2.05) is 25.1 Å². The Morgan fingerprint density at radius 3 is 2.50 bits per heavy atom. The van der Waals surface area contributed by atoms with E-state index in [0.29, 0.717) is 17.0 Å². The first-order valence-electron chi connectivity index (χ1n) is 6.41. The quantitative estimate of drug-likeness (QED) is 0.905. The second-order valence-electron chi connectivity index (χ2n) is 4.98. The van der Waals surface area contributed by atoms with Gasteiger partial charge in [-0.1, -0.05) is 35.9 Å². The van der Waals surface area contributed by atoms with Gasteiger partial charge in [0.25, 0.3) is 0 Å². The second kappa shape index (κ2) is 6.33. The molecule has 0 aromatic heterocycles. The molecule has 0 spiro atoms. The Balaban J connectivity index is 2.09. The zero-order valence-corrected chi connectivity index (χ0v) is 11.9. The van der Waals surface area contributed by atoms with Gasteiger partial charge in [-0.25, -0.2) is 8.78 Å². The monoisotopic (exact) mass is 295 g/mol. The highest BCUT2D eigenvalue weighted by Crippen LogP contribution is 2.20. The molecule has 1 nitrogen and oxygen atoms in total. The van der Waals surface area contributed by atoms with Crippen LogP contribution in [-0.4, -0.2) is 6.04 Å². The van der Waals surface area contributed by atoms with E-state index in [1.54, 1.807) is 6.07 Å². The number of nitrogens with two attached hydrogens (primary N) is 1. The lowest BCUT2D eigenvalue weighted by molar-refractivity contribution is 0.492. The average molecular weight is 296 g/mol. The molecule has 0 saturated heterocycles. The van der Waals surface area contributed by atoms with Crippen molar-refractivity contribution in [2.24, 2.45) is 5.73 Å². The van der Waals surface area contributed by atoms with Gasteiger partial charge < -0.3 is 5.73 Å². The van der Waals surface area contributed by atoms with E-state index in [9.17, 15) is 8.78 Å². The predicted molar refractivity (Wildman–Crippen MR) is 77.9 cm³/mol. The number of hydrogen-bond acceptors (Lipinski definition) is 1. The number of benzene rings is 2. The fourth-order valence-electron chi connectivity index (χ4n) is 2.16. The van der Waals surface area contributed by atoms with Gasteiger partial charge in [0.2, 0.25) is 0 Å². The molecule has 2 rings (SSSR count). The number of hydrogen-bond donors (Lipinski definition) is 1. The van der Waals surface area contributed by atoms with Crippen LogP contribution in [0.15, 0.2) is 36.4 Å². The molecule has 1 unspecified atom stereocenters. The van der Waals surface area contributed by atoms with Crippen molar-refractivity contribution in [3.63, 3.8) is 0 Å². The van der Waals surface area contributed by atoms with E-state index in [-0.39, 0.29) is 12.5 Å². The van der Waals surface area contributed by atoms with Gasteiger partial charge >= 0.3 is 0 Å². The van der Waals surface area contributed by atoms with E-state index in [1.165, 1.54) is 6.07 Å². The first kappa shape index (κ1) is 14.9. The third kappa shape index (κ3) is 3.56. The zero-order valence-electron chi connectivity index (χ0n) is 11.2. The summed E-state index contributed by atoms with van der Waals surface area (Å²) in [5.74, 6) is -1.67. The maximum absolute atomic E-state index is 13.6. The molecule has 0 bridgehead atoms. The fourth-order valence-corrected chi connectivity index (χ4v) is 2.47. The van der Waals surface area contributed by atoms with Gasteiger partial charge in [0.05, 0.1) is 0 Å². The highest BCUT2D eigenvalue weighted by atomic mass is 35.5. The summed E-state index contributed by atoms with van der Waals surface area (Å²) < 4.78 is 26.7. The van der Waals surface area contributed by atoms with Crippen molar-refractivity contribution in [1.82, 2.24) is 0 Å². The molecule has 4 heteroatoms. The molecule has 0 aliphatic heterocycles. The molecule has 106 valence electrons. The van der Waals surface area contributed by atoms with Crippen LogP contribution < -0.4 is 5.73 Å². The first-order chi connectivity index (χ1) is 9.47. The minimum atomic E-state index is -0.844. The van der Waals surface area contributed by atoms with E-state index >= 15 is 0 Å². The molecule has 2 aromatic carbocycles. The molecule has 20 heavy (non-hydrogen) atoms. The minimum Gasteiger partial charge on any atom is -0.327 e. The van der Waals surface area contributed by atoms with Crippen LogP contribution in [0.1, 0.15) is 16.7 Å². The van der Waals surface area contributed by atoms with Gasteiger partial charge in [-0.2, -0.15) is 0 Å². The molecule has 0 radical (unpaired) electrons. The van der Waals surface area contributed by atoms with E-state index in [4.69, 9.17) is 17.3 Å². The Morgan fingerprint density at radius 1 is 1.10 bits per heavy atom. The van der Waals surface area contributed by atoms with Crippen LogP contribution in [0.25, 0.3) is 0 Å². The van der Waals surface area contributed by atoms with Gasteiger partial charge in [-0.05, 0) is 48.6 Å². The standard InChI is InChI=1S/C16H16ClF2N/c1-10-5-6-11(14(17)7-10)8-13(20)9-12-3-2-4-15(18)16(12)19/h2-7,13H,8-9,20H2,1H3. The van der Waals surface area contributed by atoms with Gasteiger partial charge in [-0.3, -0.25) is 0 Å². The van der Waals surface area contributed by atoms with Crippen molar-refractivity contribution in [2.45, 2.75) is 25.8 Å². The maximum atomic E-state index is 13.6. The summed E-state index contributed by atoms with van der Waals surface area (Å²) >= 11 is 6.14. The first-order valence-corrected chi connectivity index (χ1v) is 6.78.